The summed E-state index contributed by atoms with van der Waals surface area (Å²) in [6, 6.07) is 10.8. The average Bonchev–Trinajstić information content (AvgIpc) is 2.42. The molecule has 2 aromatic carbocycles. The minimum Gasteiger partial charge on any atom is -0.397 e. The van der Waals surface area contributed by atoms with Gasteiger partial charge in [0.25, 0.3) is 0 Å². The number of benzene rings is 2. The highest BCUT2D eigenvalue weighted by atomic mass is 15.0. The first-order valence-electron chi connectivity index (χ1n) is 5.65. The number of nitrogen functional groups attached to an aromatic ring is 2. The fraction of sp³-hybridized carbons (Fsp3) is 0. The van der Waals surface area contributed by atoms with Crippen molar-refractivity contribution in [3.63, 3.8) is 0 Å². The van der Waals surface area contributed by atoms with E-state index in [0.29, 0.717) is 34.1 Å². The number of nitrogens with zero attached hydrogens (tertiary/aromatic N) is 2. The van der Waals surface area contributed by atoms with Crippen molar-refractivity contribution in [2.45, 2.75) is 0 Å². The van der Waals surface area contributed by atoms with Gasteiger partial charge >= 0.3 is 0 Å². The van der Waals surface area contributed by atoms with E-state index in [0.717, 1.165) is 0 Å². The summed E-state index contributed by atoms with van der Waals surface area (Å²) in [6.07, 6.45) is 0. The predicted octanol–water partition coefficient (Wildman–Crippen LogP) is 3.26. The van der Waals surface area contributed by atoms with Gasteiger partial charge in [-0.05, 0) is 37.7 Å². The molecule has 0 unspecified atom stereocenters. The SMILES string of the molecule is C=Nc1cccc(N)c1Nc1c(N)cccc1N=C. The van der Waals surface area contributed by atoms with E-state index >= 15 is 0 Å². The molecule has 0 heterocycles. The standard InChI is InChI=1S/C14H15N5/c1-17-11-7-3-5-9(15)13(11)19-14-10(16)6-4-8-12(14)18-2/h3-8,19H,1-2,15-16H2. The summed E-state index contributed by atoms with van der Waals surface area (Å²) in [7, 11) is 0. The van der Waals surface area contributed by atoms with Crippen molar-refractivity contribution in [2.24, 2.45) is 9.98 Å². The van der Waals surface area contributed by atoms with Crippen molar-refractivity contribution < 1.29 is 0 Å². The molecule has 0 aromatic heterocycles. The maximum absolute atomic E-state index is 5.95. The Hall–Kier alpha value is -2.82. The van der Waals surface area contributed by atoms with Crippen LogP contribution in [0.15, 0.2) is 46.4 Å². The molecule has 0 aliphatic rings. The van der Waals surface area contributed by atoms with Gasteiger partial charge in [-0.2, -0.15) is 0 Å². The van der Waals surface area contributed by atoms with Crippen LogP contribution in [0.1, 0.15) is 0 Å². The molecular weight excluding hydrogens is 238 g/mol. The third-order valence-electron chi connectivity index (χ3n) is 2.74. The van der Waals surface area contributed by atoms with E-state index in [4.69, 9.17) is 11.5 Å². The first kappa shape index (κ1) is 12.6. The largest absolute Gasteiger partial charge is 0.397 e. The number of nitrogens with one attached hydrogen (secondary N) is 1. The number of rotatable bonds is 4. The normalized spacial score (nSPS) is 9.89. The van der Waals surface area contributed by atoms with E-state index in [9.17, 15) is 0 Å². The minimum atomic E-state index is 0.558. The first-order chi connectivity index (χ1) is 9.17. The molecule has 0 saturated heterocycles. The summed E-state index contributed by atoms with van der Waals surface area (Å²) in [5.41, 5.74) is 15.6. The van der Waals surface area contributed by atoms with E-state index in [1.165, 1.54) is 0 Å². The van der Waals surface area contributed by atoms with Crippen LogP contribution in [0.4, 0.5) is 34.1 Å². The highest BCUT2D eigenvalue weighted by Crippen LogP contribution is 2.38. The van der Waals surface area contributed by atoms with E-state index < -0.39 is 0 Å². The first-order valence-corrected chi connectivity index (χ1v) is 5.65. The number of aliphatic imine (C=N–C) groups is 2. The van der Waals surface area contributed by atoms with Gasteiger partial charge in [0.15, 0.2) is 0 Å². The van der Waals surface area contributed by atoms with Gasteiger partial charge in [0.2, 0.25) is 0 Å². The zero-order chi connectivity index (χ0) is 13.8. The Kier molecular flexibility index (Phi) is 3.47. The molecule has 0 atom stereocenters. The third kappa shape index (κ3) is 2.40. The summed E-state index contributed by atoms with van der Waals surface area (Å²) in [5, 5.41) is 3.16. The van der Waals surface area contributed by atoms with Crippen molar-refractivity contribution in [3.05, 3.63) is 36.4 Å². The molecule has 5 N–H and O–H groups in total. The smallest absolute Gasteiger partial charge is 0.0879 e. The molecule has 0 bridgehead atoms. The van der Waals surface area contributed by atoms with Crippen LogP contribution in [-0.4, -0.2) is 13.4 Å². The molecule has 2 aromatic rings. The van der Waals surface area contributed by atoms with Crippen LogP contribution in [-0.2, 0) is 0 Å². The van der Waals surface area contributed by atoms with Crippen molar-refractivity contribution in [2.75, 3.05) is 16.8 Å². The summed E-state index contributed by atoms with van der Waals surface area (Å²) < 4.78 is 0. The number of hydrogen-bond acceptors (Lipinski definition) is 5. The lowest BCUT2D eigenvalue weighted by atomic mass is 10.2. The summed E-state index contributed by atoms with van der Waals surface area (Å²) in [5.74, 6) is 0. The molecule has 0 spiro atoms. The zero-order valence-corrected chi connectivity index (χ0v) is 10.4. The molecule has 0 fully saturated rings. The Morgan fingerprint density at radius 1 is 0.789 bits per heavy atom. The number of hydrogen-bond donors (Lipinski definition) is 3. The fourth-order valence-corrected chi connectivity index (χ4v) is 1.78. The van der Waals surface area contributed by atoms with Crippen LogP contribution in [0, 0.1) is 0 Å². The van der Waals surface area contributed by atoms with Crippen LogP contribution < -0.4 is 16.8 Å². The Bertz CT molecular complexity index is 578. The quantitative estimate of drug-likeness (QED) is 0.577. The molecule has 5 nitrogen and oxygen atoms in total. The van der Waals surface area contributed by atoms with Crippen LogP contribution in [0.5, 0.6) is 0 Å². The fourth-order valence-electron chi connectivity index (χ4n) is 1.78. The van der Waals surface area contributed by atoms with E-state index in [1.807, 2.05) is 24.3 Å². The summed E-state index contributed by atoms with van der Waals surface area (Å²) in [4.78, 5) is 7.87. The summed E-state index contributed by atoms with van der Waals surface area (Å²) >= 11 is 0. The third-order valence-corrected chi connectivity index (χ3v) is 2.74. The van der Waals surface area contributed by atoms with Crippen molar-refractivity contribution >= 4 is 47.6 Å². The van der Waals surface area contributed by atoms with E-state index in [2.05, 4.69) is 28.7 Å². The van der Waals surface area contributed by atoms with Gasteiger partial charge in [0, 0.05) is 0 Å². The molecule has 2 rings (SSSR count). The second-order valence-corrected chi connectivity index (χ2v) is 3.92. The van der Waals surface area contributed by atoms with E-state index in [-0.39, 0.29) is 0 Å². The average molecular weight is 253 g/mol. The molecular formula is C14H15N5. The number of para-hydroxylation sites is 2. The minimum absolute atomic E-state index is 0.558. The molecule has 0 radical (unpaired) electrons. The Balaban J connectivity index is 2.53. The second-order valence-electron chi connectivity index (χ2n) is 3.92. The topological polar surface area (TPSA) is 88.8 Å². The Labute approximate surface area is 111 Å². The molecule has 0 aliphatic carbocycles. The molecule has 96 valence electrons. The maximum atomic E-state index is 5.95. The van der Waals surface area contributed by atoms with Gasteiger partial charge in [0.05, 0.1) is 34.1 Å². The predicted molar refractivity (Wildman–Crippen MR) is 83.4 cm³/mol. The van der Waals surface area contributed by atoms with Gasteiger partial charge in [0.1, 0.15) is 0 Å². The molecule has 0 aliphatic heterocycles. The monoisotopic (exact) mass is 253 g/mol. The summed E-state index contributed by atoms with van der Waals surface area (Å²) in [6.45, 7) is 7.05. The van der Waals surface area contributed by atoms with Crippen LogP contribution >= 0.6 is 0 Å². The molecule has 19 heavy (non-hydrogen) atoms. The Morgan fingerprint density at radius 2 is 1.21 bits per heavy atom. The van der Waals surface area contributed by atoms with Crippen molar-refractivity contribution in [1.29, 1.82) is 0 Å². The van der Waals surface area contributed by atoms with Crippen LogP contribution in [0.25, 0.3) is 0 Å². The van der Waals surface area contributed by atoms with E-state index in [1.54, 1.807) is 12.1 Å². The number of nitrogens with two attached hydrogens (primary N) is 2. The van der Waals surface area contributed by atoms with Gasteiger partial charge in [-0.3, -0.25) is 9.98 Å². The lowest BCUT2D eigenvalue weighted by Gasteiger charge is -2.15. The highest BCUT2D eigenvalue weighted by Gasteiger charge is 2.10. The highest BCUT2D eigenvalue weighted by molar-refractivity contribution is 5.91. The number of anilines is 4. The maximum Gasteiger partial charge on any atom is 0.0879 e. The van der Waals surface area contributed by atoms with Gasteiger partial charge < -0.3 is 16.8 Å². The van der Waals surface area contributed by atoms with Gasteiger partial charge in [-0.15, -0.1) is 0 Å². The van der Waals surface area contributed by atoms with Gasteiger partial charge in [-0.1, -0.05) is 12.1 Å². The Morgan fingerprint density at radius 3 is 1.58 bits per heavy atom. The zero-order valence-electron chi connectivity index (χ0n) is 10.4. The molecule has 0 amide bonds. The second kappa shape index (κ2) is 5.22. The van der Waals surface area contributed by atoms with Crippen LogP contribution in [0.2, 0.25) is 0 Å². The lowest BCUT2D eigenvalue weighted by Crippen LogP contribution is -2.00. The van der Waals surface area contributed by atoms with Gasteiger partial charge in [-0.25, -0.2) is 0 Å². The lowest BCUT2D eigenvalue weighted by molar-refractivity contribution is 1.46. The molecule has 5 heteroatoms. The van der Waals surface area contributed by atoms with Crippen LogP contribution in [0.3, 0.4) is 0 Å². The molecule has 0 saturated carbocycles. The van der Waals surface area contributed by atoms with Crippen molar-refractivity contribution in [3.8, 4) is 0 Å². The van der Waals surface area contributed by atoms with Crippen molar-refractivity contribution in [1.82, 2.24) is 0 Å².